The van der Waals surface area contributed by atoms with Crippen molar-refractivity contribution >= 4 is 140 Å². The average Bonchev–Trinajstić information content (AvgIpc) is 3.94. The van der Waals surface area contributed by atoms with Gasteiger partial charge in [0, 0.05) is 32.9 Å². The number of hydrogen-bond acceptors (Lipinski definition) is 0. The Hall–Kier alpha value is -7.07. The van der Waals surface area contributed by atoms with Crippen LogP contribution in [0.4, 0.5) is 0 Å². The summed E-state index contributed by atoms with van der Waals surface area (Å²) in [4.78, 5) is 0. The molecule has 2 nitrogen and oxygen atoms in total. The number of aromatic nitrogens is 2. The molecule has 13 rings (SSSR count). The van der Waals surface area contributed by atoms with Crippen LogP contribution < -0.4 is 20.7 Å². The zero-order valence-corrected chi connectivity index (χ0v) is 52.2. The van der Waals surface area contributed by atoms with Crippen molar-refractivity contribution in [1.29, 1.82) is 0 Å². The van der Waals surface area contributed by atoms with Crippen molar-refractivity contribution in [3.63, 3.8) is 0 Å². The normalized spacial score (nSPS) is 13.0. The molecule has 0 aliphatic rings. The smallest absolute Gasteiger partial charge is 0.0776 e. The third-order valence-corrected chi connectivity index (χ3v) is 25.5. The highest BCUT2D eigenvalue weighted by Crippen LogP contribution is 2.50. The van der Waals surface area contributed by atoms with Crippen LogP contribution in [-0.2, 0) is 0 Å². The van der Waals surface area contributed by atoms with Gasteiger partial charge in [-0.05, 0) is 139 Å². The molecule has 0 unspecified atom stereocenters. The fourth-order valence-electron chi connectivity index (χ4n) is 12.9. The van der Waals surface area contributed by atoms with E-state index >= 15 is 0 Å². The van der Waals surface area contributed by atoms with Gasteiger partial charge in [-0.1, -0.05) is 233 Å². The predicted molar refractivity (Wildman–Crippen MR) is 357 cm³/mol. The molecule has 0 spiro atoms. The molecule has 0 atom stereocenters. The third-order valence-electron chi connectivity index (χ3n) is 17.4. The van der Waals surface area contributed by atoms with Gasteiger partial charge in [0.05, 0.1) is 54.4 Å². The molecule has 6 heteroatoms. The fourth-order valence-corrected chi connectivity index (χ4v) is 17.6. The Kier molecular flexibility index (Phi) is 11.5. The largest absolute Gasteiger partial charge is 0.309 e. The Morgan fingerprint density at radius 2 is 0.551 bits per heavy atom. The Morgan fingerprint density at radius 1 is 0.244 bits per heavy atom. The first-order chi connectivity index (χ1) is 37.0. The summed E-state index contributed by atoms with van der Waals surface area (Å²) in [7, 11) is -6.49. The number of benzene rings is 11. The maximum absolute atomic E-state index is 2.57. The lowest BCUT2D eigenvalue weighted by Crippen LogP contribution is -2.37. The maximum Gasteiger partial charge on any atom is 0.0776 e. The lowest BCUT2D eigenvalue weighted by molar-refractivity contribution is 1.18. The lowest BCUT2D eigenvalue weighted by atomic mass is 9.81. The van der Waals surface area contributed by atoms with Crippen LogP contribution in [0.25, 0.3) is 120 Å². The average molecular weight is 1080 g/mol. The second-order valence-corrected chi connectivity index (χ2v) is 47.1. The molecule has 2 heterocycles. The fraction of sp³-hybridized carbons (Fsp3) is 0.194. The minimum Gasteiger partial charge on any atom is -0.309 e. The number of hydrogen-bond donors (Lipinski definition) is 0. The van der Waals surface area contributed by atoms with Crippen LogP contribution in [0.3, 0.4) is 0 Å². The van der Waals surface area contributed by atoms with Gasteiger partial charge in [-0.25, -0.2) is 0 Å². The van der Waals surface area contributed by atoms with Crippen molar-refractivity contribution in [2.75, 3.05) is 0 Å². The monoisotopic (exact) mass is 1080 g/mol. The summed E-state index contributed by atoms with van der Waals surface area (Å²) in [5.74, 6) is 0. The minimum atomic E-state index is -1.62. The van der Waals surface area contributed by atoms with Crippen LogP contribution in [-0.4, -0.2) is 41.4 Å². The molecule has 0 N–H and O–H groups in total. The zero-order chi connectivity index (χ0) is 54.5. The van der Waals surface area contributed by atoms with Crippen molar-refractivity contribution in [1.82, 2.24) is 9.13 Å². The van der Waals surface area contributed by atoms with Crippen LogP contribution in [0.5, 0.6) is 0 Å². The van der Waals surface area contributed by atoms with Gasteiger partial charge in [0.25, 0.3) is 0 Å². The van der Waals surface area contributed by atoms with E-state index in [2.05, 4.69) is 284 Å². The van der Waals surface area contributed by atoms with Crippen LogP contribution in [0.2, 0.25) is 78.6 Å². The highest BCUT2D eigenvalue weighted by molar-refractivity contribution is 6.90. The number of aryl methyl sites for hydroxylation is 2. The van der Waals surface area contributed by atoms with E-state index in [9.17, 15) is 0 Å². The van der Waals surface area contributed by atoms with Crippen molar-refractivity contribution < 1.29 is 0 Å². The van der Waals surface area contributed by atoms with Crippen LogP contribution in [0.15, 0.2) is 182 Å². The topological polar surface area (TPSA) is 9.86 Å². The van der Waals surface area contributed by atoms with Gasteiger partial charge in [-0.15, -0.1) is 0 Å². The molecule has 0 radical (unpaired) electrons. The Bertz CT molecular complexity index is 4230. The van der Waals surface area contributed by atoms with Crippen molar-refractivity contribution in [3.8, 4) is 33.6 Å². The van der Waals surface area contributed by atoms with E-state index in [0.29, 0.717) is 0 Å². The highest BCUT2D eigenvalue weighted by Gasteiger charge is 2.28. The summed E-state index contributed by atoms with van der Waals surface area (Å²) in [6.45, 7) is 34.3. The SMILES string of the molecule is Cc1ccc2ccccc2c1-c1c2ccc(-n3c4ccc([Si](C)(C)C)cc4c4cc([Si](C)(C)C)ccc43)cc2c(-c2c(C)ccc3ccccc23)c2ccc(-n3c4ccc([Si](C)(C)C)cc4c4cc([Si](C)(C)C)ccc43)cc12. The van der Waals surface area contributed by atoms with E-state index in [4.69, 9.17) is 0 Å². The van der Waals surface area contributed by atoms with E-state index < -0.39 is 32.3 Å². The highest BCUT2D eigenvalue weighted by atomic mass is 28.3. The Labute approximate surface area is 465 Å². The van der Waals surface area contributed by atoms with Gasteiger partial charge in [0.2, 0.25) is 0 Å². The van der Waals surface area contributed by atoms with E-state index in [0.717, 1.165) is 0 Å². The molecule has 13 aromatic rings. The second kappa shape index (κ2) is 17.7. The van der Waals surface area contributed by atoms with Crippen molar-refractivity contribution in [2.24, 2.45) is 0 Å². The van der Waals surface area contributed by atoms with E-state index in [-0.39, 0.29) is 0 Å². The van der Waals surface area contributed by atoms with E-state index in [1.54, 1.807) is 0 Å². The van der Waals surface area contributed by atoms with Gasteiger partial charge < -0.3 is 9.13 Å². The molecule has 0 aliphatic carbocycles. The van der Waals surface area contributed by atoms with Crippen LogP contribution in [0.1, 0.15) is 11.1 Å². The molecule has 0 bridgehead atoms. The summed E-state index contributed by atoms with van der Waals surface area (Å²) in [6.07, 6.45) is 0. The lowest BCUT2D eigenvalue weighted by Gasteiger charge is -2.23. The summed E-state index contributed by atoms with van der Waals surface area (Å²) >= 11 is 0. The number of nitrogens with zero attached hydrogens (tertiary/aromatic N) is 2. The zero-order valence-electron chi connectivity index (χ0n) is 48.2. The quantitative estimate of drug-likeness (QED) is 0.106. The molecule has 0 saturated heterocycles. The summed E-state index contributed by atoms with van der Waals surface area (Å²) < 4.78 is 5.15. The molecule has 78 heavy (non-hydrogen) atoms. The molecule has 2 aromatic heterocycles. The van der Waals surface area contributed by atoms with Crippen molar-refractivity contribution in [3.05, 3.63) is 193 Å². The Morgan fingerprint density at radius 3 is 0.859 bits per heavy atom. The molecule has 0 aliphatic heterocycles. The summed E-state index contributed by atoms with van der Waals surface area (Å²) in [5, 5.41) is 21.5. The van der Waals surface area contributed by atoms with E-state index in [1.807, 2.05) is 0 Å². The molecule has 386 valence electrons. The van der Waals surface area contributed by atoms with Gasteiger partial charge in [-0.3, -0.25) is 0 Å². The molecular formula is C72H72N2Si4. The standard InChI is InChI=1S/C72H72N2Si4/c1-45-23-25-47-19-15-17-21-55(47)69(45)71-57-33-27-50(74-67-37-31-53(77(9,10)11)43-61(67)62-44-54(78(12,13)14)32-38-68(62)74)40-64(57)72(70-46(2)24-26-48-20-16-18-22-56(48)70)58-34-28-49(39-63(58)71)73-65-35-29-51(75(3,4)5)41-59(65)60-42-52(76(6,7)8)30-36-66(60)73/h15-44H,1-14H3. The van der Waals surface area contributed by atoms with Crippen LogP contribution >= 0.6 is 0 Å². The van der Waals surface area contributed by atoms with Gasteiger partial charge >= 0.3 is 0 Å². The first-order valence-corrected chi connectivity index (χ1v) is 42.2. The first kappa shape index (κ1) is 50.4. The van der Waals surface area contributed by atoms with Gasteiger partial charge in [-0.2, -0.15) is 0 Å². The van der Waals surface area contributed by atoms with Crippen LogP contribution in [0, 0.1) is 13.8 Å². The first-order valence-electron chi connectivity index (χ1n) is 28.2. The predicted octanol–water partition coefficient (Wildman–Crippen LogP) is 18.6. The van der Waals surface area contributed by atoms with Gasteiger partial charge in [0.1, 0.15) is 0 Å². The molecule has 0 amide bonds. The maximum atomic E-state index is 2.57. The van der Waals surface area contributed by atoms with Crippen molar-refractivity contribution in [2.45, 2.75) is 92.4 Å². The number of rotatable bonds is 8. The molecule has 11 aromatic carbocycles. The molecule has 0 fully saturated rings. The molecular weight excluding hydrogens is 1010 g/mol. The third kappa shape index (κ3) is 8.04. The van der Waals surface area contributed by atoms with E-state index in [1.165, 1.54) is 152 Å². The minimum absolute atomic E-state index is 1.18. The van der Waals surface area contributed by atoms with Gasteiger partial charge in [0.15, 0.2) is 0 Å². The summed E-state index contributed by atoms with van der Waals surface area (Å²) in [5.41, 5.74) is 15.1. The Balaban J connectivity index is 1.20. The second-order valence-electron chi connectivity index (χ2n) is 26.8. The number of fused-ring (bicyclic) bond motifs is 10. The molecule has 0 saturated carbocycles. The summed E-state index contributed by atoms with van der Waals surface area (Å²) in [6, 6.07) is 71.9.